The van der Waals surface area contributed by atoms with Crippen LogP contribution in [0.25, 0.3) is 0 Å². The van der Waals surface area contributed by atoms with Crippen LogP contribution in [0.5, 0.6) is 0 Å². The summed E-state index contributed by atoms with van der Waals surface area (Å²) < 4.78 is 5.97. The van der Waals surface area contributed by atoms with Gasteiger partial charge in [-0.15, -0.1) is 0 Å². The highest BCUT2D eigenvalue weighted by molar-refractivity contribution is 5.44. The summed E-state index contributed by atoms with van der Waals surface area (Å²) in [4.78, 5) is 11.7. The molecule has 5 heteroatoms. The van der Waals surface area contributed by atoms with Gasteiger partial charge in [-0.25, -0.2) is 9.97 Å². The summed E-state index contributed by atoms with van der Waals surface area (Å²) >= 11 is 0. The highest BCUT2D eigenvalue weighted by Crippen LogP contribution is 2.31. The molecule has 2 unspecified atom stereocenters. The number of morpholine rings is 1. The predicted octanol–water partition coefficient (Wildman–Crippen LogP) is 1.08. The standard InChI is InChI=1S/C14H20N4O/c15-13-10-4-1-5-11(10)16-14(17-13)12-7-18-6-2-3-9(18)8-19-12/h9,12H,1-8H2,(H2,15,16,17). The van der Waals surface area contributed by atoms with Gasteiger partial charge in [0.2, 0.25) is 0 Å². The molecule has 2 aliphatic heterocycles. The number of nitrogen functional groups attached to an aromatic ring is 1. The molecule has 3 aliphatic rings. The highest BCUT2D eigenvalue weighted by atomic mass is 16.5. The molecule has 5 nitrogen and oxygen atoms in total. The summed E-state index contributed by atoms with van der Waals surface area (Å²) in [6.07, 6.45) is 5.77. The maximum Gasteiger partial charge on any atom is 0.161 e. The zero-order valence-corrected chi connectivity index (χ0v) is 11.1. The number of fused-ring (bicyclic) bond motifs is 2. The second kappa shape index (κ2) is 4.42. The molecule has 0 bridgehead atoms. The van der Waals surface area contributed by atoms with Gasteiger partial charge in [0.25, 0.3) is 0 Å². The van der Waals surface area contributed by atoms with E-state index < -0.39 is 0 Å². The molecule has 102 valence electrons. The Labute approximate surface area is 113 Å². The van der Waals surface area contributed by atoms with E-state index in [0.717, 1.165) is 43.9 Å². The lowest BCUT2D eigenvalue weighted by atomic mass is 10.1. The van der Waals surface area contributed by atoms with E-state index in [4.69, 9.17) is 15.5 Å². The van der Waals surface area contributed by atoms with Crippen molar-refractivity contribution in [1.29, 1.82) is 0 Å². The van der Waals surface area contributed by atoms with E-state index in [1.165, 1.54) is 24.9 Å². The van der Waals surface area contributed by atoms with E-state index in [9.17, 15) is 0 Å². The number of rotatable bonds is 1. The molecule has 0 aromatic carbocycles. The molecule has 2 atom stereocenters. The Bertz CT molecular complexity index is 504. The first-order chi connectivity index (χ1) is 9.31. The Balaban J connectivity index is 1.61. The Morgan fingerprint density at radius 1 is 1.21 bits per heavy atom. The molecule has 2 saturated heterocycles. The fourth-order valence-corrected chi connectivity index (χ4v) is 3.60. The van der Waals surface area contributed by atoms with E-state index >= 15 is 0 Å². The lowest BCUT2D eigenvalue weighted by Gasteiger charge is -2.34. The number of aromatic nitrogens is 2. The molecule has 1 aromatic rings. The van der Waals surface area contributed by atoms with E-state index in [0.29, 0.717) is 11.9 Å². The van der Waals surface area contributed by atoms with Crippen LogP contribution in [-0.4, -0.2) is 40.6 Å². The summed E-state index contributed by atoms with van der Waals surface area (Å²) in [7, 11) is 0. The summed E-state index contributed by atoms with van der Waals surface area (Å²) in [5, 5.41) is 0. The second-order valence-corrected chi connectivity index (χ2v) is 5.86. The molecule has 3 heterocycles. The Hall–Kier alpha value is -1.20. The summed E-state index contributed by atoms with van der Waals surface area (Å²) in [6, 6.07) is 0.614. The summed E-state index contributed by atoms with van der Waals surface area (Å²) in [6.45, 7) is 2.92. The van der Waals surface area contributed by atoms with Gasteiger partial charge in [0.15, 0.2) is 5.82 Å². The molecule has 19 heavy (non-hydrogen) atoms. The third-order valence-corrected chi connectivity index (χ3v) is 4.66. The lowest BCUT2D eigenvalue weighted by Crippen LogP contribution is -2.43. The average Bonchev–Trinajstić information content (AvgIpc) is 3.06. The number of nitrogens with two attached hydrogens (primary N) is 1. The van der Waals surface area contributed by atoms with Gasteiger partial charge in [-0.2, -0.15) is 0 Å². The maximum atomic E-state index is 6.07. The van der Waals surface area contributed by atoms with Crippen LogP contribution in [0.1, 0.15) is 42.4 Å². The van der Waals surface area contributed by atoms with Gasteiger partial charge >= 0.3 is 0 Å². The van der Waals surface area contributed by atoms with Crippen LogP contribution in [0.4, 0.5) is 5.82 Å². The number of hydrogen-bond acceptors (Lipinski definition) is 5. The molecule has 0 amide bonds. The van der Waals surface area contributed by atoms with Crippen molar-refractivity contribution in [3.05, 3.63) is 17.1 Å². The van der Waals surface area contributed by atoms with E-state index in [2.05, 4.69) is 9.88 Å². The smallest absolute Gasteiger partial charge is 0.161 e. The van der Waals surface area contributed by atoms with E-state index in [1.807, 2.05) is 0 Å². The van der Waals surface area contributed by atoms with Crippen LogP contribution < -0.4 is 5.73 Å². The van der Waals surface area contributed by atoms with E-state index in [-0.39, 0.29) is 6.10 Å². The van der Waals surface area contributed by atoms with Crippen LogP contribution in [0.2, 0.25) is 0 Å². The first-order valence-corrected chi connectivity index (χ1v) is 7.32. The number of nitrogens with zero attached hydrogens (tertiary/aromatic N) is 3. The van der Waals surface area contributed by atoms with Crippen LogP contribution in [-0.2, 0) is 17.6 Å². The molecule has 1 aliphatic carbocycles. The maximum absolute atomic E-state index is 6.07. The number of ether oxygens (including phenoxy) is 1. The van der Waals surface area contributed by atoms with Gasteiger partial charge in [-0.1, -0.05) is 0 Å². The van der Waals surface area contributed by atoms with Gasteiger partial charge in [0.05, 0.1) is 6.61 Å². The van der Waals surface area contributed by atoms with E-state index in [1.54, 1.807) is 0 Å². The summed E-state index contributed by atoms with van der Waals surface area (Å²) in [5.74, 6) is 1.47. The van der Waals surface area contributed by atoms with Gasteiger partial charge in [0.1, 0.15) is 11.9 Å². The molecule has 0 radical (unpaired) electrons. The molecule has 0 spiro atoms. The van der Waals surface area contributed by atoms with Crippen LogP contribution >= 0.6 is 0 Å². The topological polar surface area (TPSA) is 64.3 Å². The molecule has 1 aromatic heterocycles. The second-order valence-electron chi connectivity index (χ2n) is 5.86. The van der Waals surface area contributed by atoms with Crippen molar-refractivity contribution < 1.29 is 4.74 Å². The first kappa shape index (κ1) is 11.6. The Kier molecular flexibility index (Phi) is 2.70. The minimum absolute atomic E-state index is 0.00236. The van der Waals surface area contributed by atoms with Gasteiger partial charge in [-0.3, -0.25) is 4.90 Å². The van der Waals surface area contributed by atoms with Crippen LogP contribution in [0.3, 0.4) is 0 Å². The van der Waals surface area contributed by atoms with Gasteiger partial charge < -0.3 is 10.5 Å². The lowest BCUT2D eigenvalue weighted by molar-refractivity contribution is -0.0541. The van der Waals surface area contributed by atoms with Crippen molar-refractivity contribution in [2.45, 2.75) is 44.2 Å². The molecule has 0 saturated carbocycles. The number of hydrogen-bond donors (Lipinski definition) is 1. The van der Waals surface area contributed by atoms with Gasteiger partial charge in [-0.05, 0) is 38.6 Å². The zero-order chi connectivity index (χ0) is 12.8. The molecule has 4 rings (SSSR count). The predicted molar refractivity (Wildman–Crippen MR) is 71.8 cm³/mol. The van der Waals surface area contributed by atoms with Crippen molar-refractivity contribution in [3.63, 3.8) is 0 Å². The SMILES string of the molecule is Nc1nc(C2CN3CCCC3CO2)nc2c1CCC2. The minimum atomic E-state index is 0.00236. The van der Waals surface area contributed by atoms with Crippen molar-refractivity contribution in [3.8, 4) is 0 Å². The molecular weight excluding hydrogens is 240 g/mol. The van der Waals surface area contributed by atoms with Crippen LogP contribution in [0, 0.1) is 0 Å². The third-order valence-electron chi connectivity index (χ3n) is 4.66. The zero-order valence-electron chi connectivity index (χ0n) is 11.1. The number of aryl methyl sites for hydroxylation is 1. The fourth-order valence-electron chi connectivity index (χ4n) is 3.60. The van der Waals surface area contributed by atoms with Gasteiger partial charge in [0, 0.05) is 23.8 Å². The third kappa shape index (κ3) is 1.92. The quantitative estimate of drug-likeness (QED) is 0.818. The normalized spacial score (nSPS) is 30.3. The van der Waals surface area contributed by atoms with Crippen molar-refractivity contribution in [1.82, 2.24) is 14.9 Å². The first-order valence-electron chi connectivity index (χ1n) is 7.32. The summed E-state index contributed by atoms with van der Waals surface area (Å²) in [5.41, 5.74) is 8.38. The average molecular weight is 260 g/mol. The monoisotopic (exact) mass is 260 g/mol. The number of anilines is 1. The minimum Gasteiger partial charge on any atom is -0.383 e. The molecule has 2 fully saturated rings. The van der Waals surface area contributed by atoms with Crippen molar-refractivity contribution in [2.75, 3.05) is 25.4 Å². The molecule has 2 N–H and O–H groups in total. The van der Waals surface area contributed by atoms with Crippen LogP contribution in [0.15, 0.2) is 0 Å². The Morgan fingerprint density at radius 3 is 3.11 bits per heavy atom. The van der Waals surface area contributed by atoms with Crippen molar-refractivity contribution >= 4 is 5.82 Å². The highest BCUT2D eigenvalue weighted by Gasteiger charge is 2.34. The Morgan fingerprint density at radius 2 is 2.16 bits per heavy atom. The fraction of sp³-hybridized carbons (Fsp3) is 0.714. The molecular formula is C14H20N4O. The van der Waals surface area contributed by atoms with Crippen molar-refractivity contribution in [2.24, 2.45) is 0 Å². The largest absolute Gasteiger partial charge is 0.383 e.